The molecule has 140 valence electrons. The van der Waals surface area contributed by atoms with Crippen LogP contribution >= 0.6 is 23.2 Å². The van der Waals surface area contributed by atoms with Crippen molar-refractivity contribution in [2.45, 2.75) is 25.2 Å². The van der Waals surface area contributed by atoms with Crippen LogP contribution in [0.15, 0.2) is 47.4 Å². The van der Waals surface area contributed by atoms with E-state index in [9.17, 15) is 13.2 Å². The van der Waals surface area contributed by atoms with Crippen LogP contribution in [0.3, 0.4) is 0 Å². The molecule has 0 radical (unpaired) electrons. The third kappa shape index (κ3) is 4.76. The minimum atomic E-state index is -3.96. The summed E-state index contributed by atoms with van der Waals surface area (Å²) >= 11 is 12.0. The van der Waals surface area contributed by atoms with Crippen molar-refractivity contribution in [2.24, 2.45) is 0 Å². The molecule has 0 spiro atoms. The first kappa shape index (κ1) is 20.7. The number of carbonyl (C=O) groups excluding carboxylic acids is 1. The largest absolute Gasteiger partial charge is 0.325 e. The van der Waals surface area contributed by atoms with Gasteiger partial charge in [-0.2, -0.15) is 4.31 Å². The highest BCUT2D eigenvalue weighted by molar-refractivity contribution is 7.89. The summed E-state index contributed by atoms with van der Waals surface area (Å²) in [4.78, 5) is 12.3. The van der Waals surface area contributed by atoms with Gasteiger partial charge in [0.15, 0.2) is 0 Å². The molecule has 0 saturated heterocycles. The molecule has 26 heavy (non-hydrogen) atoms. The normalized spacial score (nSPS) is 11.6. The Balaban J connectivity index is 2.26. The predicted octanol–water partition coefficient (Wildman–Crippen LogP) is 4.34. The maximum atomic E-state index is 13.0. The van der Waals surface area contributed by atoms with Crippen molar-refractivity contribution in [3.63, 3.8) is 0 Å². The van der Waals surface area contributed by atoms with Crippen molar-refractivity contribution in [3.8, 4) is 0 Å². The zero-order valence-electron chi connectivity index (χ0n) is 14.5. The van der Waals surface area contributed by atoms with E-state index in [1.807, 2.05) is 26.0 Å². The average molecular weight is 415 g/mol. The molecular weight excluding hydrogens is 395 g/mol. The van der Waals surface area contributed by atoms with E-state index in [-0.39, 0.29) is 28.0 Å². The van der Waals surface area contributed by atoms with Crippen LogP contribution in [-0.2, 0) is 14.8 Å². The first-order valence-corrected chi connectivity index (χ1v) is 10.3. The van der Waals surface area contributed by atoms with Crippen molar-refractivity contribution in [1.82, 2.24) is 4.31 Å². The summed E-state index contributed by atoms with van der Waals surface area (Å²) in [7, 11) is -3.96. The number of rotatable bonds is 7. The molecule has 5 nitrogen and oxygen atoms in total. The molecule has 0 fully saturated rings. The Morgan fingerprint density at radius 2 is 1.81 bits per heavy atom. The number of anilines is 1. The molecule has 0 saturated carbocycles. The molecule has 2 aromatic rings. The summed E-state index contributed by atoms with van der Waals surface area (Å²) < 4.78 is 27.0. The summed E-state index contributed by atoms with van der Waals surface area (Å²) in [6.45, 7) is 3.57. The van der Waals surface area contributed by atoms with Crippen LogP contribution in [0.4, 0.5) is 5.69 Å². The second-order valence-electron chi connectivity index (χ2n) is 5.75. The van der Waals surface area contributed by atoms with E-state index < -0.39 is 15.9 Å². The molecule has 0 bridgehead atoms. The van der Waals surface area contributed by atoms with E-state index in [1.165, 1.54) is 18.2 Å². The van der Waals surface area contributed by atoms with Crippen LogP contribution in [0.2, 0.25) is 10.0 Å². The number of nitrogens with one attached hydrogen (secondary N) is 1. The summed E-state index contributed by atoms with van der Waals surface area (Å²) in [5.74, 6) is -0.422. The molecule has 0 aliphatic rings. The number of hydrogen-bond donors (Lipinski definition) is 1. The molecule has 0 aliphatic carbocycles. The van der Waals surface area contributed by atoms with Crippen LogP contribution in [0.25, 0.3) is 0 Å². The first-order chi connectivity index (χ1) is 12.3. The predicted molar refractivity (Wildman–Crippen MR) is 105 cm³/mol. The minimum absolute atomic E-state index is 0.0467. The maximum absolute atomic E-state index is 13.0. The van der Waals surface area contributed by atoms with Crippen LogP contribution in [-0.4, -0.2) is 31.7 Å². The van der Waals surface area contributed by atoms with E-state index in [0.29, 0.717) is 12.1 Å². The van der Waals surface area contributed by atoms with Crippen LogP contribution in [0, 0.1) is 6.92 Å². The van der Waals surface area contributed by atoms with E-state index in [2.05, 4.69) is 5.32 Å². The van der Waals surface area contributed by atoms with Gasteiger partial charge in [0, 0.05) is 12.2 Å². The number of amides is 1. The summed E-state index contributed by atoms with van der Waals surface area (Å²) in [6, 6.07) is 11.7. The molecule has 0 atom stereocenters. The van der Waals surface area contributed by atoms with Gasteiger partial charge in [0.2, 0.25) is 15.9 Å². The Kier molecular flexibility index (Phi) is 7.06. The van der Waals surface area contributed by atoms with Gasteiger partial charge in [-0.15, -0.1) is 0 Å². The fourth-order valence-electron chi connectivity index (χ4n) is 2.42. The highest BCUT2D eigenvalue weighted by atomic mass is 35.5. The molecule has 2 rings (SSSR count). The van der Waals surface area contributed by atoms with Gasteiger partial charge in [-0.1, -0.05) is 54.4 Å². The lowest BCUT2D eigenvalue weighted by atomic mass is 10.2. The number of para-hydroxylation sites is 1. The topological polar surface area (TPSA) is 66.5 Å². The second-order valence-corrected chi connectivity index (χ2v) is 8.45. The Bertz CT molecular complexity index is 901. The molecule has 2 aromatic carbocycles. The van der Waals surface area contributed by atoms with E-state index >= 15 is 0 Å². The highest BCUT2D eigenvalue weighted by Gasteiger charge is 2.28. The Morgan fingerprint density at radius 1 is 1.12 bits per heavy atom. The third-order valence-electron chi connectivity index (χ3n) is 3.75. The molecule has 0 aromatic heterocycles. The van der Waals surface area contributed by atoms with Gasteiger partial charge in [0.1, 0.15) is 4.90 Å². The molecule has 0 aliphatic heterocycles. The SMILES string of the molecule is CCCN(CC(=O)Nc1ccccc1C)S(=O)(=O)c1cccc(Cl)c1Cl. The smallest absolute Gasteiger partial charge is 0.245 e. The third-order valence-corrected chi connectivity index (χ3v) is 6.56. The van der Waals surface area contributed by atoms with Gasteiger partial charge in [0.25, 0.3) is 0 Å². The molecular formula is C18H20Cl2N2O3S. The Morgan fingerprint density at radius 3 is 2.46 bits per heavy atom. The van der Waals surface area contributed by atoms with Gasteiger partial charge in [-0.3, -0.25) is 4.79 Å². The number of benzene rings is 2. The average Bonchev–Trinajstić information content (AvgIpc) is 2.59. The number of sulfonamides is 1. The van der Waals surface area contributed by atoms with E-state index in [0.717, 1.165) is 9.87 Å². The fourth-order valence-corrected chi connectivity index (χ4v) is 4.64. The quantitative estimate of drug-likeness (QED) is 0.732. The molecule has 0 unspecified atom stereocenters. The molecule has 0 heterocycles. The van der Waals surface area contributed by atoms with Crippen LogP contribution in [0.1, 0.15) is 18.9 Å². The zero-order valence-corrected chi connectivity index (χ0v) is 16.8. The number of carbonyl (C=O) groups is 1. The highest BCUT2D eigenvalue weighted by Crippen LogP contribution is 2.31. The monoisotopic (exact) mass is 414 g/mol. The van der Waals surface area contributed by atoms with Crippen molar-refractivity contribution >= 4 is 44.8 Å². The minimum Gasteiger partial charge on any atom is -0.325 e. The van der Waals surface area contributed by atoms with Gasteiger partial charge < -0.3 is 5.32 Å². The van der Waals surface area contributed by atoms with Gasteiger partial charge >= 0.3 is 0 Å². The second kappa shape index (κ2) is 8.86. The van der Waals surface area contributed by atoms with Crippen LogP contribution in [0.5, 0.6) is 0 Å². The van der Waals surface area contributed by atoms with E-state index in [1.54, 1.807) is 12.1 Å². The molecule has 8 heteroatoms. The van der Waals surface area contributed by atoms with Crippen LogP contribution < -0.4 is 5.32 Å². The standard InChI is InChI=1S/C18H20Cl2N2O3S/c1-3-11-22(12-17(23)21-15-9-5-4-7-13(15)2)26(24,25)16-10-6-8-14(19)18(16)20/h4-10H,3,11-12H2,1-2H3,(H,21,23). The van der Waals surface area contributed by atoms with E-state index in [4.69, 9.17) is 23.2 Å². The van der Waals surface area contributed by atoms with Crippen molar-refractivity contribution in [1.29, 1.82) is 0 Å². The number of aryl methyl sites for hydroxylation is 1. The fraction of sp³-hybridized carbons (Fsp3) is 0.278. The molecule has 1 amide bonds. The van der Waals surface area contributed by atoms with Gasteiger partial charge in [-0.25, -0.2) is 8.42 Å². The summed E-state index contributed by atoms with van der Waals surface area (Å²) in [6.07, 6.45) is 0.551. The lowest BCUT2D eigenvalue weighted by Crippen LogP contribution is -2.38. The number of nitrogens with zero attached hydrogens (tertiary/aromatic N) is 1. The lowest BCUT2D eigenvalue weighted by molar-refractivity contribution is -0.116. The summed E-state index contributed by atoms with van der Waals surface area (Å²) in [5.41, 5.74) is 1.54. The van der Waals surface area contributed by atoms with Gasteiger partial charge in [0.05, 0.1) is 16.6 Å². The lowest BCUT2D eigenvalue weighted by Gasteiger charge is -2.22. The number of halogens is 2. The van der Waals surface area contributed by atoms with Gasteiger partial charge in [-0.05, 0) is 37.1 Å². The van der Waals surface area contributed by atoms with Crippen molar-refractivity contribution < 1.29 is 13.2 Å². The number of hydrogen-bond acceptors (Lipinski definition) is 3. The maximum Gasteiger partial charge on any atom is 0.245 e. The van der Waals surface area contributed by atoms with Crippen molar-refractivity contribution in [2.75, 3.05) is 18.4 Å². The Hall–Kier alpha value is -1.60. The zero-order chi connectivity index (χ0) is 19.3. The summed E-state index contributed by atoms with van der Waals surface area (Å²) in [5, 5.41) is 2.84. The Labute approximate surface area is 164 Å². The van der Waals surface area contributed by atoms with Crippen molar-refractivity contribution in [3.05, 3.63) is 58.1 Å². The first-order valence-electron chi connectivity index (χ1n) is 8.07. The molecule has 1 N–H and O–H groups in total.